The molecule has 0 aliphatic rings. The highest BCUT2D eigenvalue weighted by Crippen LogP contribution is 2.14. The normalized spacial score (nSPS) is 11.3. The zero-order chi connectivity index (χ0) is 15.0. The van der Waals surface area contributed by atoms with E-state index in [1.165, 1.54) is 12.1 Å². The van der Waals surface area contributed by atoms with Gasteiger partial charge in [-0.3, -0.25) is 4.79 Å². The second-order valence-electron chi connectivity index (χ2n) is 4.09. The SMILES string of the molecule is NCCCNC(=O)CCNS(=O)(=O)c1ccc(Br)cc1. The number of sulfonamides is 1. The van der Waals surface area contributed by atoms with E-state index in [0.717, 1.165) is 4.47 Å². The molecule has 0 unspecified atom stereocenters. The molecule has 0 heterocycles. The van der Waals surface area contributed by atoms with Gasteiger partial charge in [0.15, 0.2) is 0 Å². The highest BCUT2D eigenvalue weighted by atomic mass is 79.9. The van der Waals surface area contributed by atoms with Crippen molar-refractivity contribution in [3.05, 3.63) is 28.7 Å². The monoisotopic (exact) mass is 363 g/mol. The molecule has 0 spiro atoms. The molecule has 0 aliphatic heterocycles. The van der Waals surface area contributed by atoms with Gasteiger partial charge in [-0.25, -0.2) is 13.1 Å². The first-order chi connectivity index (χ1) is 9.45. The second kappa shape index (κ2) is 8.35. The van der Waals surface area contributed by atoms with Crippen molar-refractivity contribution >= 4 is 31.9 Å². The maximum absolute atomic E-state index is 11.9. The van der Waals surface area contributed by atoms with Crippen LogP contribution in [-0.4, -0.2) is 34.0 Å². The van der Waals surface area contributed by atoms with Crippen LogP contribution in [0.5, 0.6) is 0 Å². The Kier molecular flexibility index (Phi) is 7.14. The van der Waals surface area contributed by atoms with E-state index < -0.39 is 10.0 Å². The van der Waals surface area contributed by atoms with Gasteiger partial charge in [0.2, 0.25) is 15.9 Å². The summed E-state index contributed by atoms with van der Waals surface area (Å²) in [6, 6.07) is 6.28. The first-order valence-corrected chi connectivity index (χ1v) is 8.45. The van der Waals surface area contributed by atoms with Gasteiger partial charge in [-0.05, 0) is 37.2 Å². The molecule has 0 bridgehead atoms. The summed E-state index contributed by atoms with van der Waals surface area (Å²) in [6.45, 7) is 1.08. The van der Waals surface area contributed by atoms with Crippen molar-refractivity contribution in [1.29, 1.82) is 0 Å². The number of carbonyl (C=O) groups is 1. The van der Waals surface area contributed by atoms with Gasteiger partial charge < -0.3 is 11.1 Å². The van der Waals surface area contributed by atoms with E-state index in [-0.39, 0.29) is 23.8 Å². The molecular formula is C12H18BrN3O3S. The number of benzene rings is 1. The molecule has 20 heavy (non-hydrogen) atoms. The van der Waals surface area contributed by atoms with Crippen LogP contribution in [0.25, 0.3) is 0 Å². The largest absolute Gasteiger partial charge is 0.356 e. The molecule has 112 valence electrons. The van der Waals surface area contributed by atoms with Crippen molar-refractivity contribution in [1.82, 2.24) is 10.0 Å². The predicted octanol–water partition coefficient (Wildman–Crippen LogP) is 0.582. The van der Waals surface area contributed by atoms with E-state index in [1.807, 2.05) is 0 Å². The summed E-state index contributed by atoms with van der Waals surface area (Å²) in [5.74, 6) is -0.197. The van der Waals surface area contributed by atoms with E-state index >= 15 is 0 Å². The average Bonchev–Trinajstić information content (AvgIpc) is 2.39. The van der Waals surface area contributed by atoms with Crippen LogP contribution in [0.1, 0.15) is 12.8 Å². The maximum Gasteiger partial charge on any atom is 0.240 e. The highest BCUT2D eigenvalue weighted by molar-refractivity contribution is 9.10. The van der Waals surface area contributed by atoms with Gasteiger partial charge >= 0.3 is 0 Å². The Morgan fingerprint density at radius 3 is 2.45 bits per heavy atom. The zero-order valence-electron chi connectivity index (χ0n) is 10.9. The van der Waals surface area contributed by atoms with Crippen molar-refractivity contribution in [3.63, 3.8) is 0 Å². The van der Waals surface area contributed by atoms with Gasteiger partial charge in [0.1, 0.15) is 0 Å². The minimum Gasteiger partial charge on any atom is -0.356 e. The summed E-state index contributed by atoms with van der Waals surface area (Å²) in [4.78, 5) is 11.6. The summed E-state index contributed by atoms with van der Waals surface area (Å²) in [5, 5.41) is 2.66. The van der Waals surface area contributed by atoms with Crippen LogP contribution >= 0.6 is 15.9 Å². The summed E-state index contributed by atoms with van der Waals surface area (Å²) in [6.07, 6.45) is 0.802. The van der Waals surface area contributed by atoms with Crippen molar-refractivity contribution in [2.24, 2.45) is 5.73 Å². The standard InChI is InChI=1S/C12H18BrN3O3S/c13-10-2-4-11(5-3-10)20(18,19)16-9-6-12(17)15-8-1-7-14/h2-5,16H,1,6-9,14H2,(H,15,17). The number of rotatable bonds is 8. The Morgan fingerprint density at radius 2 is 1.85 bits per heavy atom. The molecule has 0 fully saturated rings. The molecule has 8 heteroatoms. The molecule has 4 N–H and O–H groups in total. The lowest BCUT2D eigenvalue weighted by Gasteiger charge is -2.07. The number of hydrogen-bond acceptors (Lipinski definition) is 4. The molecule has 1 amide bonds. The lowest BCUT2D eigenvalue weighted by molar-refractivity contribution is -0.120. The first kappa shape index (κ1) is 17.1. The van der Waals surface area contributed by atoms with Crippen LogP contribution in [-0.2, 0) is 14.8 Å². The van der Waals surface area contributed by atoms with E-state index in [1.54, 1.807) is 12.1 Å². The fraction of sp³-hybridized carbons (Fsp3) is 0.417. The Balaban J connectivity index is 2.40. The second-order valence-corrected chi connectivity index (χ2v) is 6.78. The molecule has 0 radical (unpaired) electrons. The lowest BCUT2D eigenvalue weighted by atomic mass is 10.4. The molecule has 6 nitrogen and oxygen atoms in total. The fourth-order valence-electron chi connectivity index (χ4n) is 1.41. The summed E-state index contributed by atoms with van der Waals surface area (Å²) >= 11 is 3.24. The van der Waals surface area contributed by atoms with Crippen LogP contribution < -0.4 is 15.8 Å². The highest BCUT2D eigenvalue weighted by Gasteiger charge is 2.13. The third-order valence-corrected chi connectivity index (χ3v) is 4.48. The average molecular weight is 364 g/mol. The number of nitrogens with one attached hydrogen (secondary N) is 2. The van der Waals surface area contributed by atoms with Crippen molar-refractivity contribution < 1.29 is 13.2 Å². The van der Waals surface area contributed by atoms with E-state index in [4.69, 9.17) is 5.73 Å². The number of amides is 1. The molecule has 1 aromatic carbocycles. The van der Waals surface area contributed by atoms with Gasteiger partial charge in [-0.1, -0.05) is 15.9 Å². The fourth-order valence-corrected chi connectivity index (χ4v) is 2.71. The summed E-state index contributed by atoms with van der Waals surface area (Å²) < 4.78 is 27.0. The van der Waals surface area contributed by atoms with Crippen LogP contribution in [0.2, 0.25) is 0 Å². The molecule has 0 aliphatic carbocycles. The zero-order valence-corrected chi connectivity index (χ0v) is 13.3. The molecule has 1 aromatic rings. The lowest BCUT2D eigenvalue weighted by Crippen LogP contribution is -2.31. The van der Waals surface area contributed by atoms with E-state index in [0.29, 0.717) is 19.5 Å². The van der Waals surface area contributed by atoms with E-state index in [2.05, 4.69) is 26.0 Å². The molecule has 0 atom stereocenters. The quantitative estimate of drug-likeness (QED) is 0.588. The van der Waals surface area contributed by atoms with Crippen molar-refractivity contribution in [2.75, 3.05) is 19.6 Å². The Labute approximate surface area is 127 Å². The number of carbonyl (C=O) groups excluding carboxylic acids is 1. The third kappa shape index (κ3) is 6.00. The topological polar surface area (TPSA) is 101 Å². The van der Waals surface area contributed by atoms with Crippen LogP contribution in [0.3, 0.4) is 0 Å². The summed E-state index contributed by atoms with van der Waals surface area (Å²) in [5.41, 5.74) is 5.30. The summed E-state index contributed by atoms with van der Waals surface area (Å²) in [7, 11) is -3.57. The number of halogens is 1. The molecule has 0 saturated heterocycles. The van der Waals surface area contributed by atoms with Gasteiger partial charge in [0.05, 0.1) is 4.90 Å². The predicted molar refractivity (Wildman–Crippen MR) is 80.6 cm³/mol. The van der Waals surface area contributed by atoms with Crippen molar-refractivity contribution in [3.8, 4) is 0 Å². The number of hydrogen-bond donors (Lipinski definition) is 3. The Morgan fingerprint density at radius 1 is 1.20 bits per heavy atom. The van der Waals surface area contributed by atoms with Crippen LogP contribution in [0.4, 0.5) is 0 Å². The smallest absolute Gasteiger partial charge is 0.240 e. The minimum atomic E-state index is -3.57. The Hall–Kier alpha value is -0.960. The maximum atomic E-state index is 11.9. The van der Waals surface area contributed by atoms with Crippen molar-refractivity contribution in [2.45, 2.75) is 17.7 Å². The Bertz CT molecular complexity index is 531. The molecule has 0 saturated carbocycles. The first-order valence-electron chi connectivity index (χ1n) is 6.17. The van der Waals surface area contributed by atoms with Crippen LogP contribution in [0.15, 0.2) is 33.6 Å². The number of nitrogens with two attached hydrogens (primary N) is 1. The molecular weight excluding hydrogens is 346 g/mol. The molecule has 0 aromatic heterocycles. The van der Waals surface area contributed by atoms with Gasteiger partial charge in [0.25, 0.3) is 0 Å². The van der Waals surface area contributed by atoms with Crippen LogP contribution in [0, 0.1) is 0 Å². The third-order valence-electron chi connectivity index (χ3n) is 2.47. The van der Waals surface area contributed by atoms with Gasteiger partial charge in [-0.15, -0.1) is 0 Å². The van der Waals surface area contributed by atoms with Gasteiger partial charge in [0, 0.05) is 24.0 Å². The molecule has 1 rings (SSSR count). The van der Waals surface area contributed by atoms with E-state index in [9.17, 15) is 13.2 Å². The minimum absolute atomic E-state index is 0.0624. The van der Waals surface area contributed by atoms with Gasteiger partial charge in [-0.2, -0.15) is 0 Å².